The summed E-state index contributed by atoms with van der Waals surface area (Å²) >= 11 is 11.9. The summed E-state index contributed by atoms with van der Waals surface area (Å²) in [6.45, 7) is 8.80. The van der Waals surface area contributed by atoms with E-state index in [1.807, 2.05) is 30.5 Å². The van der Waals surface area contributed by atoms with Gasteiger partial charge in [-0.3, -0.25) is 0 Å². The van der Waals surface area contributed by atoms with Gasteiger partial charge >= 0.3 is 0 Å². The van der Waals surface area contributed by atoms with Gasteiger partial charge in [0, 0.05) is 17.8 Å². The second kappa shape index (κ2) is 5.34. The third-order valence-corrected chi connectivity index (χ3v) is 4.89. The van der Waals surface area contributed by atoms with E-state index in [-0.39, 0.29) is 10.8 Å². The SMILES string of the molecule is CC(C)(c1ccc(Cl)nc1)C(C)(C)c1ccnc(Cl)c1. The minimum Gasteiger partial charge on any atom is -0.245 e. The van der Waals surface area contributed by atoms with Crippen molar-refractivity contribution in [3.05, 3.63) is 58.1 Å². The van der Waals surface area contributed by atoms with Crippen molar-refractivity contribution in [3.63, 3.8) is 0 Å². The molecule has 0 radical (unpaired) electrons. The number of aromatic nitrogens is 2. The molecule has 2 nitrogen and oxygen atoms in total. The molecule has 0 amide bonds. The molecule has 0 aliphatic rings. The standard InChI is InChI=1S/C16H18Cl2N2/c1-15(2,11-7-8-19-14(18)9-11)16(3,4)12-5-6-13(17)20-10-12/h5-10H,1-4H3. The first-order valence-electron chi connectivity index (χ1n) is 6.49. The summed E-state index contributed by atoms with van der Waals surface area (Å²) in [5, 5.41) is 1.02. The lowest BCUT2D eigenvalue weighted by Crippen LogP contribution is -2.40. The summed E-state index contributed by atoms with van der Waals surface area (Å²) in [5.74, 6) is 0. The van der Waals surface area contributed by atoms with E-state index >= 15 is 0 Å². The monoisotopic (exact) mass is 308 g/mol. The molecule has 2 aromatic heterocycles. The van der Waals surface area contributed by atoms with Crippen LogP contribution in [0.15, 0.2) is 36.7 Å². The Morgan fingerprint density at radius 1 is 0.800 bits per heavy atom. The van der Waals surface area contributed by atoms with Crippen molar-refractivity contribution in [2.75, 3.05) is 0 Å². The van der Waals surface area contributed by atoms with Crippen molar-refractivity contribution in [1.29, 1.82) is 0 Å². The zero-order valence-electron chi connectivity index (χ0n) is 12.1. The maximum atomic E-state index is 6.03. The van der Waals surface area contributed by atoms with Gasteiger partial charge in [0.15, 0.2) is 0 Å². The Labute approximate surface area is 130 Å². The van der Waals surface area contributed by atoms with Gasteiger partial charge in [-0.15, -0.1) is 0 Å². The van der Waals surface area contributed by atoms with Crippen LogP contribution in [0.5, 0.6) is 0 Å². The minimum atomic E-state index is -0.130. The Kier molecular flexibility index (Phi) is 4.08. The fourth-order valence-corrected chi connectivity index (χ4v) is 2.54. The summed E-state index contributed by atoms with van der Waals surface area (Å²) in [6.07, 6.45) is 3.59. The molecule has 0 aliphatic carbocycles. The van der Waals surface area contributed by atoms with Gasteiger partial charge in [-0.25, -0.2) is 9.97 Å². The molecule has 20 heavy (non-hydrogen) atoms. The van der Waals surface area contributed by atoms with Crippen LogP contribution < -0.4 is 0 Å². The molecule has 2 aromatic rings. The van der Waals surface area contributed by atoms with Gasteiger partial charge < -0.3 is 0 Å². The second-order valence-electron chi connectivity index (χ2n) is 5.99. The molecule has 0 spiro atoms. The van der Waals surface area contributed by atoms with Gasteiger partial charge in [0.05, 0.1) is 0 Å². The van der Waals surface area contributed by atoms with Crippen LogP contribution >= 0.6 is 23.2 Å². The first kappa shape index (κ1) is 15.3. The van der Waals surface area contributed by atoms with Crippen molar-refractivity contribution in [3.8, 4) is 0 Å². The fraction of sp³-hybridized carbons (Fsp3) is 0.375. The predicted octanol–water partition coefficient (Wildman–Crippen LogP) is 5.04. The van der Waals surface area contributed by atoms with Crippen LogP contribution in [0.3, 0.4) is 0 Å². The van der Waals surface area contributed by atoms with E-state index in [4.69, 9.17) is 23.2 Å². The highest BCUT2D eigenvalue weighted by Crippen LogP contribution is 2.43. The van der Waals surface area contributed by atoms with Crippen LogP contribution in [-0.2, 0) is 10.8 Å². The lowest BCUT2D eigenvalue weighted by molar-refractivity contribution is 0.302. The highest BCUT2D eigenvalue weighted by atomic mass is 35.5. The van der Waals surface area contributed by atoms with Gasteiger partial charge in [0.2, 0.25) is 0 Å². The number of halogens is 2. The van der Waals surface area contributed by atoms with Crippen LogP contribution in [-0.4, -0.2) is 9.97 Å². The topological polar surface area (TPSA) is 25.8 Å². The average Bonchev–Trinajstić information content (AvgIpc) is 2.39. The molecule has 0 saturated carbocycles. The third-order valence-electron chi connectivity index (χ3n) is 4.46. The minimum absolute atomic E-state index is 0.130. The van der Waals surface area contributed by atoms with E-state index in [9.17, 15) is 0 Å². The summed E-state index contributed by atoms with van der Waals surface area (Å²) in [7, 11) is 0. The third kappa shape index (κ3) is 2.68. The molecule has 0 saturated heterocycles. The number of hydrogen-bond acceptors (Lipinski definition) is 2. The predicted molar refractivity (Wildman–Crippen MR) is 84.5 cm³/mol. The lowest BCUT2D eigenvalue weighted by Gasteiger charge is -2.42. The highest BCUT2D eigenvalue weighted by Gasteiger charge is 2.40. The van der Waals surface area contributed by atoms with E-state index in [0.717, 1.165) is 11.1 Å². The van der Waals surface area contributed by atoms with E-state index in [2.05, 4.69) is 37.7 Å². The van der Waals surface area contributed by atoms with Crippen LogP contribution in [0.2, 0.25) is 10.3 Å². The van der Waals surface area contributed by atoms with Crippen LogP contribution in [0.1, 0.15) is 38.8 Å². The van der Waals surface area contributed by atoms with Crippen LogP contribution in [0, 0.1) is 0 Å². The normalized spacial score (nSPS) is 12.5. The Morgan fingerprint density at radius 3 is 2.00 bits per heavy atom. The molecule has 106 valence electrons. The first-order valence-corrected chi connectivity index (χ1v) is 7.25. The summed E-state index contributed by atoms with van der Waals surface area (Å²) in [5.41, 5.74) is 2.03. The molecular formula is C16H18Cl2N2. The molecule has 0 fully saturated rings. The Bertz CT molecular complexity index is 604. The van der Waals surface area contributed by atoms with Crippen LogP contribution in [0.4, 0.5) is 0 Å². The molecule has 4 heteroatoms. The maximum Gasteiger partial charge on any atom is 0.129 e. The molecule has 2 rings (SSSR count). The van der Waals surface area contributed by atoms with Crippen molar-refractivity contribution < 1.29 is 0 Å². The zero-order valence-corrected chi connectivity index (χ0v) is 13.6. The first-order chi connectivity index (χ1) is 9.25. The second-order valence-corrected chi connectivity index (χ2v) is 6.76. The smallest absolute Gasteiger partial charge is 0.129 e. The molecule has 0 unspecified atom stereocenters. The largest absolute Gasteiger partial charge is 0.245 e. The number of pyridine rings is 2. The average molecular weight is 309 g/mol. The fourth-order valence-electron chi connectivity index (χ4n) is 2.26. The van der Waals surface area contributed by atoms with Crippen molar-refractivity contribution >= 4 is 23.2 Å². The molecule has 0 N–H and O–H groups in total. The Morgan fingerprint density at radius 2 is 1.45 bits per heavy atom. The van der Waals surface area contributed by atoms with Gasteiger partial charge in [0.25, 0.3) is 0 Å². The van der Waals surface area contributed by atoms with Gasteiger partial charge in [-0.05, 0) is 34.7 Å². The molecule has 2 heterocycles. The van der Waals surface area contributed by atoms with Crippen molar-refractivity contribution in [1.82, 2.24) is 9.97 Å². The number of rotatable bonds is 3. The van der Waals surface area contributed by atoms with Crippen LogP contribution in [0.25, 0.3) is 0 Å². The summed E-state index contributed by atoms with van der Waals surface area (Å²) < 4.78 is 0. The van der Waals surface area contributed by atoms with Gasteiger partial charge in [-0.1, -0.05) is 57.0 Å². The zero-order chi connectivity index (χ0) is 15.0. The maximum absolute atomic E-state index is 6.03. The molecule has 0 bridgehead atoms. The van der Waals surface area contributed by atoms with E-state index in [1.54, 1.807) is 6.20 Å². The Hall–Kier alpha value is -1.12. The molecule has 0 aromatic carbocycles. The van der Waals surface area contributed by atoms with Gasteiger partial charge in [-0.2, -0.15) is 0 Å². The molecule has 0 atom stereocenters. The lowest BCUT2D eigenvalue weighted by atomic mass is 9.61. The molecule has 0 aliphatic heterocycles. The Balaban J connectivity index is 2.48. The van der Waals surface area contributed by atoms with Crippen molar-refractivity contribution in [2.45, 2.75) is 38.5 Å². The number of nitrogens with zero attached hydrogens (tertiary/aromatic N) is 2. The summed E-state index contributed by atoms with van der Waals surface area (Å²) in [6, 6.07) is 7.79. The van der Waals surface area contributed by atoms with E-state index in [0.29, 0.717) is 10.3 Å². The van der Waals surface area contributed by atoms with E-state index < -0.39 is 0 Å². The van der Waals surface area contributed by atoms with Crippen molar-refractivity contribution in [2.24, 2.45) is 0 Å². The quantitative estimate of drug-likeness (QED) is 0.742. The highest BCUT2D eigenvalue weighted by molar-refractivity contribution is 6.29. The van der Waals surface area contributed by atoms with Gasteiger partial charge in [0.1, 0.15) is 10.3 Å². The molecular weight excluding hydrogens is 291 g/mol. The van der Waals surface area contributed by atoms with E-state index in [1.165, 1.54) is 0 Å². The summed E-state index contributed by atoms with van der Waals surface area (Å²) in [4.78, 5) is 8.25. The number of hydrogen-bond donors (Lipinski definition) is 0.